The van der Waals surface area contributed by atoms with Gasteiger partial charge in [0.1, 0.15) is 0 Å². The number of methoxy groups -OCH3 is 1. The molecule has 0 amide bonds. The van der Waals surface area contributed by atoms with E-state index in [1.54, 1.807) is 6.92 Å². The molecule has 1 aromatic heterocycles. The number of ether oxygens (including phenoxy) is 2. The largest absolute Gasteiger partial charge is 0.480 e. The summed E-state index contributed by atoms with van der Waals surface area (Å²) in [5.74, 6) is -0.754. The first-order chi connectivity index (χ1) is 8.01. The van der Waals surface area contributed by atoms with E-state index in [-0.39, 0.29) is 12.5 Å². The highest BCUT2D eigenvalue weighted by atomic mass is 127. The predicted molar refractivity (Wildman–Crippen MR) is 64.4 cm³/mol. The van der Waals surface area contributed by atoms with Crippen LogP contribution in [0.3, 0.4) is 0 Å². The monoisotopic (exact) mass is 357 g/mol. The van der Waals surface area contributed by atoms with Crippen LogP contribution >= 0.6 is 22.6 Å². The van der Waals surface area contributed by atoms with Crippen LogP contribution in [0.5, 0.6) is 5.88 Å². The maximum atomic E-state index is 12.8. The summed E-state index contributed by atoms with van der Waals surface area (Å²) >= 11 is 1.81. The van der Waals surface area contributed by atoms with Crippen LogP contribution in [-0.2, 0) is 4.74 Å². The molecule has 0 fully saturated rings. The van der Waals surface area contributed by atoms with E-state index >= 15 is 0 Å². The molecule has 0 bridgehead atoms. The van der Waals surface area contributed by atoms with Gasteiger partial charge in [-0.2, -0.15) is 0 Å². The minimum Gasteiger partial charge on any atom is -0.480 e. The fourth-order valence-corrected chi connectivity index (χ4v) is 1.83. The summed E-state index contributed by atoms with van der Waals surface area (Å²) in [4.78, 5) is 15.2. The number of hydrogen-bond acceptors (Lipinski definition) is 4. The van der Waals surface area contributed by atoms with Gasteiger partial charge in [0.15, 0.2) is 5.69 Å². The molecule has 0 unspecified atom stereocenters. The molecule has 4 nitrogen and oxygen atoms in total. The number of halogens is 3. The molecule has 0 aliphatic rings. The lowest BCUT2D eigenvalue weighted by Crippen LogP contribution is -2.12. The van der Waals surface area contributed by atoms with Crippen molar-refractivity contribution in [2.24, 2.45) is 0 Å². The van der Waals surface area contributed by atoms with Crippen LogP contribution in [0.15, 0.2) is 6.07 Å². The van der Waals surface area contributed by atoms with Crippen molar-refractivity contribution in [2.45, 2.75) is 13.3 Å². The summed E-state index contributed by atoms with van der Waals surface area (Å²) in [6.07, 6.45) is -2.79. The Balaban J connectivity index is 3.28. The van der Waals surface area contributed by atoms with Gasteiger partial charge in [-0.05, 0) is 35.6 Å². The van der Waals surface area contributed by atoms with Crippen molar-refractivity contribution in [3.8, 4) is 5.88 Å². The first kappa shape index (κ1) is 14.1. The van der Waals surface area contributed by atoms with E-state index in [4.69, 9.17) is 4.74 Å². The number of esters is 1. The van der Waals surface area contributed by atoms with Crippen molar-refractivity contribution < 1.29 is 23.0 Å². The van der Waals surface area contributed by atoms with Crippen LogP contribution < -0.4 is 4.74 Å². The van der Waals surface area contributed by atoms with Gasteiger partial charge >= 0.3 is 5.97 Å². The van der Waals surface area contributed by atoms with Crippen molar-refractivity contribution in [3.05, 3.63) is 20.9 Å². The maximum absolute atomic E-state index is 12.8. The molecule has 17 heavy (non-hydrogen) atoms. The average molecular weight is 357 g/mol. The first-order valence-electron chi connectivity index (χ1n) is 4.71. The Morgan fingerprint density at radius 2 is 2.24 bits per heavy atom. The van der Waals surface area contributed by atoms with Gasteiger partial charge in [-0.25, -0.2) is 18.6 Å². The van der Waals surface area contributed by atoms with Gasteiger partial charge < -0.3 is 9.47 Å². The van der Waals surface area contributed by atoms with Crippen molar-refractivity contribution in [3.63, 3.8) is 0 Å². The standard InChI is InChI=1S/C10H10F2INO3/c1-3-17-10(15)7-5(8(11)12)4-6(13)9(14-7)16-2/h4,8H,3H2,1-2H3. The molecule has 0 spiro atoms. The van der Waals surface area contributed by atoms with Crippen molar-refractivity contribution in [2.75, 3.05) is 13.7 Å². The topological polar surface area (TPSA) is 48.4 Å². The summed E-state index contributed by atoms with van der Waals surface area (Å²) in [7, 11) is 1.35. The second-order valence-corrected chi connectivity index (χ2v) is 4.10. The molecule has 0 aromatic carbocycles. The first-order valence-corrected chi connectivity index (χ1v) is 5.78. The summed E-state index contributed by atoms with van der Waals surface area (Å²) < 4.78 is 35.5. The number of carbonyl (C=O) groups excluding carboxylic acids is 1. The molecule has 94 valence electrons. The van der Waals surface area contributed by atoms with E-state index in [1.807, 2.05) is 22.6 Å². The lowest BCUT2D eigenvalue weighted by Gasteiger charge is -2.10. The highest BCUT2D eigenvalue weighted by molar-refractivity contribution is 14.1. The fourth-order valence-electron chi connectivity index (χ4n) is 1.16. The fraction of sp³-hybridized carbons (Fsp3) is 0.400. The Hall–Kier alpha value is -0.990. The third-order valence-corrected chi connectivity index (χ3v) is 2.64. The van der Waals surface area contributed by atoms with Gasteiger partial charge in [-0.3, -0.25) is 0 Å². The normalized spacial score (nSPS) is 10.5. The smallest absolute Gasteiger partial charge is 0.357 e. The van der Waals surface area contributed by atoms with Crippen LogP contribution in [0.1, 0.15) is 29.4 Å². The van der Waals surface area contributed by atoms with Crippen molar-refractivity contribution in [1.82, 2.24) is 4.98 Å². The lowest BCUT2D eigenvalue weighted by atomic mass is 10.2. The Kier molecular flexibility index (Phi) is 5.03. The minimum atomic E-state index is -2.79. The molecule has 0 radical (unpaired) electrons. The average Bonchev–Trinajstić information content (AvgIpc) is 2.28. The summed E-state index contributed by atoms with van der Waals surface area (Å²) in [6, 6.07) is 1.17. The summed E-state index contributed by atoms with van der Waals surface area (Å²) in [6.45, 7) is 1.68. The van der Waals surface area contributed by atoms with Crippen molar-refractivity contribution >= 4 is 28.6 Å². The van der Waals surface area contributed by atoms with E-state index in [1.165, 1.54) is 13.2 Å². The number of hydrogen-bond donors (Lipinski definition) is 0. The highest BCUT2D eigenvalue weighted by Crippen LogP contribution is 2.28. The number of rotatable bonds is 4. The summed E-state index contributed by atoms with van der Waals surface area (Å²) in [5.41, 5.74) is -0.854. The lowest BCUT2D eigenvalue weighted by molar-refractivity contribution is 0.0506. The van der Waals surface area contributed by atoms with E-state index in [9.17, 15) is 13.6 Å². The minimum absolute atomic E-state index is 0.0947. The van der Waals surface area contributed by atoms with E-state index in [0.717, 1.165) is 0 Å². The van der Waals surface area contributed by atoms with Gasteiger partial charge in [-0.1, -0.05) is 0 Å². The zero-order chi connectivity index (χ0) is 13.0. The molecular formula is C10H10F2INO3. The van der Waals surface area contributed by atoms with Crippen LogP contribution in [0.25, 0.3) is 0 Å². The van der Waals surface area contributed by atoms with Crippen LogP contribution in [0.4, 0.5) is 8.78 Å². The van der Waals surface area contributed by atoms with Crippen molar-refractivity contribution in [1.29, 1.82) is 0 Å². The molecule has 0 saturated heterocycles. The van der Waals surface area contributed by atoms with E-state index in [2.05, 4.69) is 9.72 Å². The molecule has 1 heterocycles. The van der Waals surface area contributed by atoms with E-state index in [0.29, 0.717) is 3.57 Å². The molecule has 0 saturated carbocycles. The van der Waals surface area contributed by atoms with Gasteiger partial charge in [0.25, 0.3) is 6.43 Å². The van der Waals surface area contributed by atoms with Crippen LogP contribution in [0, 0.1) is 3.57 Å². The number of alkyl halides is 2. The zero-order valence-electron chi connectivity index (χ0n) is 9.17. The maximum Gasteiger partial charge on any atom is 0.357 e. The van der Waals surface area contributed by atoms with Gasteiger partial charge in [0, 0.05) is 0 Å². The van der Waals surface area contributed by atoms with Gasteiger partial charge in [-0.15, -0.1) is 0 Å². The Morgan fingerprint density at radius 3 is 2.71 bits per heavy atom. The predicted octanol–water partition coefficient (Wildman–Crippen LogP) is 2.81. The highest BCUT2D eigenvalue weighted by Gasteiger charge is 2.23. The second-order valence-electron chi connectivity index (χ2n) is 2.94. The molecule has 0 aliphatic carbocycles. The molecule has 1 rings (SSSR count). The summed E-state index contributed by atoms with van der Waals surface area (Å²) in [5, 5.41) is 0. The van der Waals surface area contributed by atoms with Gasteiger partial charge in [0.2, 0.25) is 5.88 Å². The Labute approximate surface area is 110 Å². The third-order valence-electron chi connectivity index (χ3n) is 1.87. The van der Waals surface area contributed by atoms with E-state index < -0.39 is 23.7 Å². The number of carbonyl (C=O) groups is 1. The zero-order valence-corrected chi connectivity index (χ0v) is 11.3. The number of aromatic nitrogens is 1. The van der Waals surface area contributed by atoms with Gasteiger partial charge in [0.05, 0.1) is 22.9 Å². The number of nitrogens with zero attached hydrogens (tertiary/aromatic N) is 1. The Bertz CT molecular complexity index is 426. The third kappa shape index (κ3) is 3.24. The second kappa shape index (κ2) is 6.08. The Morgan fingerprint density at radius 1 is 1.59 bits per heavy atom. The molecule has 0 aliphatic heterocycles. The van der Waals surface area contributed by atoms with Crippen LogP contribution in [0.2, 0.25) is 0 Å². The molecule has 0 N–H and O–H groups in total. The molecule has 7 heteroatoms. The number of pyridine rings is 1. The SMILES string of the molecule is CCOC(=O)c1nc(OC)c(I)cc1C(F)F. The van der Waals surface area contributed by atoms with Crippen LogP contribution in [-0.4, -0.2) is 24.7 Å². The quantitative estimate of drug-likeness (QED) is 0.614. The molecule has 0 atom stereocenters. The molecule has 1 aromatic rings. The molecular weight excluding hydrogens is 347 g/mol.